The van der Waals surface area contributed by atoms with Gasteiger partial charge in [0.2, 0.25) is 0 Å². The Morgan fingerprint density at radius 1 is 1.26 bits per heavy atom. The number of hydrogen-bond acceptors (Lipinski definition) is 4. The van der Waals surface area contributed by atoms with Crippen LogP contribution in [0.4, 0.5) is 5.82 Å². The van der Waals surface area contributed by atoms with E-state index in [1.807, 2.05) is 18.2 Å². The van der Waals surface area contributed by atoms with E-state index in [0.717, 1.165) is 16.9 Å². The summed E-state index contributed by atoms with van der Waals surface area (Å²) in [4.78, 5) is 0. The van der Waals surface area contributed by atoms with Crippen molar-refractivity contribution in [1.29, 1.82) is 0 Å². The molecule has 0 aliphatic heterocycles. The predicted molar refractivity (Wildman–Crippen MR) is 95.6 cm³/mol. The Hall–Kier alpha value is -1.35. The van der Waals surface area contributed by atoms with Crippen molar-refractivity contribution >= 4 is 54.7 Å². The third-order valence-electron chi connectivity index (χ3n) is 3.00. The molecule has 0 spiro atoms. The third-order valence-corrected chi connectivity index (χ3v) is 6.68. The molecule has 0 atom stereocenters. The molecule has 3 aromatic rings. The number of aromatic nitrogens is 2. The summed E-state index contributed by atoms with van der Waals surface area (Å²) in [5.41, 5.74) is 0.900. The lowest BCUT2D eigenvalue weighted by Crippen LogP contribution is -2.12. The van der Waals surface area contributed by atoms with Gasteiger partial charge in [-0.05, 0) is 39.0 Å². The highest BCUT2D eigenvalue weighted by molar-refractivity contribution is 9.10. The molecule has 2 aromatic heterocycles. The summed E-state index contributed by atoms with van der Waals surface area (Å²) >= 11 is 10.6. The number of benzene rings is 1. The van der Waals surface area contributed by atoms with E-state index in [2.05, 4.69) is 25.8 Å². The zero-order valence-corrected chi connectivity index (χ0v) is 15.6. The van der Waals surface area contributed by atoms with Crippen LogP contribution in [-0.2, 0) is 16.6 Å². The van der Waals surface area contributed by atoms with E-state index in [9.17, 15) is 8.42 Å². The molecule has 0 radical (unpaired) electrons. The summed E-state index contributed by atoms with van der Waals surface area (Å²) in [6, 6.07) is 10.7. The topological polar surface area (TPSA) is 64.0 Å². The first-order valence-electron chi connectivity index (χ1n) is 6.48. The van der Waals surface area contributed by atoms with Crippen LogP contribution in [0.3, 0.4) is 0 Å². The quantitative estimate of drug-likeness (QED) is 0.657. The van der Waals surface area contributed by atoms with Crippen molar-refractivity contribution in [3.05, 3.63) is 63.0 Å². The first kappa shape index (κ1) is 16.5. The van der Waals surface area contributed by atoms with Gasteiger partial charge in [0, 0.05) is 11.2 Å². The molecule has 0 fully saturated rings. The Morgan fingerprint density at radius 2 is 2.04 bits per heavy atom. The smallest absolute Gasteiger partial charge is 0.265 e. The Labute approximate surface area is 151 Å². The highest BCUT2D eigenvalue weighted by Gasteiger charge is 2.19. The van der Waals surface area contributed by atoms with Gasteiger partial charge in [-0.15, -0.1) is 11.3 Å². The van der Waals surface area contributed by atoms with Crippen molar-refractivity contribution in [3.8, 4) is 0 Å². The van der Waals surface area contributed by atoms with Gasteiger partial charge in [-0.3, -0.25) is 9.40 Å². The van der Waals surface area contributed by atoms with E-state index >= 15 is 0 Å². The van der Waals surface area contributed by atoms with Crippen LogP contribution in [0.25, 0.3) is 0 Å². The molecule has 9 heteroatoms. The average Bonchev–Trinajstić information content (AvgIpc) is 3.13. The number of thiophene rings is 1. The Morgan fingerprint density at radius 3 is 2.74 bits per heavy atom. The van der Waals surface area contributed by atoms with Crippen molar-refractivity contribution in [1.82, 2.24) is 9.78 Å². The van der Waals surface area contributed by atoms with E-state index in [1.165, 1.54) is 0 Å². The van der Waals surface area contributed by atoms with Gasteiger partial charge in [0.05, 0.1) is 11.0 Å². The van der Waals surface area contributed by atoms with Gasteiger partial charge in [-0.2, -0.15) is 5.10 Å². The summed E-state index contributed by atoms with van der Waals surface area (Å²) in [7, 11) is -3.62. The molecular weight excluding hydrogens is 422 g/mol. The fraction of sp³-hybridized carbons (Fsp3) is 0.0714. The molecule has 3 rings (SSSR count). The number of rotatable bonds is 5. The van der Waals surface area contributed by atoms with Crippen molar-refractivity contribution in [3.63, 3.8) is 0 Å². The highest BCUT2D eigenvalue weighted by Crippen LogP contribution is 2.26. The van der Waals surface area contributed by atoms with Crippen LogP contribution in [-0.4, -0.2) is 18.2 Å². The fourth-order valence-electron chi connectivity index (χ4n) is 1.94. The molecule has 0 unspecified atom stereocenters. The molecule has 1 aromatic carbocycles. The number of hydrogen-bond donors (Lipinski definition) is 1. The largest absolute Gasteiger partial charge is 0.272 e. The Kier molecular flexibility index (Phi) is 4.77. The van der Waals surface area contributed by atoms with Crippen molar-refractivity contribution in [2.75, 3.05) is 4.72 Å². The van der Waals surface area contributed by atoms with Crippen molar-refractivity contribution in [2.24, 2.45) is 0 Å². The van der Waals surface area contributed by atoms with E-state index < -0.39 is 10.0 Å². The molecule has 0 saturated carbocycles. The van der Waals surface area contributed by atoms with E-state index in [0.29, 0.717) is 16.0 Å². The van der Waals surface area contributed by atoms with E-state index in [1.54, 1.807) is 34.5 Å². The molecule has 0 aliphatic rings. The number of nitrogens with zero attached hydrogens (tertiary/aromatic N) is 2. The second-order valence-electron chi connectivity index (χ2n) is 4.65. The monoisotopic (exact) mass is 431 g/mol. The maximum absolute atomic E-state index is 12.2. The maximum atomic E-state index is 12.2. The lowest BCUT2D eigenvalue weighted by molar-refractivity contribution is 0.602. The average molecular weight is 433 g/mol. The van der Waals surface area contributed by atoms with Gasteiger partial charge < -0.3 is 0 Å². The molecule has 0 bridgehead atoms. The minimum absolute atomic E-state index is 0.241. The highest BCUT2D eigenvalue weighted by atomic mass is 79.9. The molecule has 23 heavy (non-hydrogen) atoms. The normalized spacial score (nSPS) is 11.6. The molecule has 0 saturated heterocycles. The number of nitrogens with one attached hydrogen (secondary N) is 1. The SMILES string of the molecule is O=S(=O)(Nc1nn(Cc2ccccc2Cl)cc1Br)c1cccs1. The zero-order chi connectivity index (χ0) is 16.4. The molecular formula is C14H11BrClN3O2S2. The first-order chi connectivity index (χ1) is 11.0. The van der Waals surface area contributed by atoms with Gasteiger partial charge in [-0.25, -0.2) is 8.42 Å². The van der Waals surface area contributed by atoms with Gasteiger partial charge in [0.15, 0.2) is 5.82 Å². The van der Waals surface area contributed by atoms with Gasteiger partial charge in [0.25, 0.3) is 10.0 Å². The van der Waals surface area contributed by atoms with Gasteiger partial charge in [-0.1, -0.05) is 35.9 Å². The van der Waals surface area contributed by atoms with Crippen LogP contribution < -0.4 is 4.72 Å². The van der Waals surface area contributed by atoms with Crippen LogP contribution in [0.5, 0.6) is 0 Å². The molecule has 1 N–H and O–H groups in total. The minimum atomic E-state index is -3.62. The number of sulfonamides is 1. The number of halogens is 2. The van der Waals surface area contributed by atoms with Crippen LogP contribution in [0.1, 0.15) is 5.56 Å². The summed E-state index contributed by atoms with van der Waals surface area (Å²) in [6.07, 6.45) is 1.70. The fourth-order valence-corrected chi connectivity index (χ4v) is 4.69. The van der Waals surface area contributed by atoms with E-state index in [-0.39, 0.29) is 10.0 Å². The van der Waals surface area contributed by atoms with Gasteiger partial charge in [0.1, 0.15) is 4.21 Å². The summed E-state index contributed by atoms with van der Waals surface area (Å²) < 4.78 is 29.4. The second kappa shape index (κ2) is 6.64. The summed E-state index contributed by atoms with van der Waals surface area (Å²) in [5, 5.41) is 6.61. The third kappa shape index (κ3) is 3.77. The van der Waals surface area contributed by atoms with Crippen molar-refractivity contribution < 1.29 is 8.42 Å². The Bertz CT molecular complexity index is 923. The molecule has 2 heterocycles. The van der Waals surface area contributed by atoms with Crippen LogP contribution in [0.15, 0.2) is 56.7 Å². The van der Waals surface area contributed by atoms with Crippen LogP contribution in [0.2, 0.25) is 5.02 Å². The molecule has 120 valence electrons. The lowest BCUT2D eigenvalue weighted by Gasteiger charge is -2.05. The summed E-state index contributed by atoms with van der Waals surface area (Å²) in [6.45, 7) is 0.443. The van der Waals surface area contributed by atoms with Crippen molar-refractivity contribution in [2.45, 2.75) is 10.8 Å². The van der Waals surface area contributed by atoms with Crippen LogP contribution in [0, 0.1) is 0 Å². The number of anilines is 1. The minimum Gasteiger partial charge on any atom is -0.265 e. The zero-order valence-electron chi connectivity index (χ0n) is 11.6. The maximum Gasteiger partial charge on any atom is 0.272 e. The lowest BCUT2D eigenvalue weighted by atomic mass is 10.2. The first-order valence-corrected chi connectivity index (χ1v) is 10.0. The van der Waals surface area contributed by atoms with E-state index in [4.69, 9.17) is 11.6 Å². The Balaban J connectivity index is 1.83. The molecule has 5 nitrogen and oxygen atoms in total. The second-order valence-corrected chi connectivity index (χ2v) is 8.77. The van der Waals surface area contributed by atoms with Crippen LogP contribution >= 0.6 is 38.9 Å². The predicted octanol–water partition coefficient (Wildman–Crippen LogP) is 4.21. The standard InChI is InChI=1S/C14H11BrClN3O2S2/c15-11-9-19(8-10-4-1-2-5-12(10)16)17-14(11)18-23(20,21)13-6-3-7-22-13/h1-7,9H,8H2,(H,17,18). The molecule has 0 aliphatic carbocycles. The summed E-state index contributed by atoms with van der Waals surface area (Å²) in [5.74, 6) is 0.241. The van der Waals surface area contributed by atoms with Gasteiger partial charge >= 0.3 is 0 Å². The molecule has 0 amide bonds.